The minimum atomic E-state index is -0.897. The van der Waals surface area contributed by atoms with Crippen LogP contribution in [0.1, 0.15) is 24.2 Å². The monoisotopic (exact) mass is 227 g/mol. The number of rotatable bonds is 5. The fourth-order valence-corrected chi connectivity index (χ4v) is 1.18. The molecule has 0 aliphatic carbocycles. The highest BCUT2D eigenvalue weighted by Gasteiger charge is 1.98. The van der Waals surface area contributed by atoms with Gasteiger partial charge in [0.15, 0.2) is 0 Å². The number of hydrogen-bond acceptors (Lipinski definition) is 3. The Morgan fingerprint density at radius 1 is 1.50 bits per heavy atom. The molecule has 0 saturated heterocycles. The Hall–Kier alpha value is -1.33. The molecule has 1 rings (SSSR count). The van der Waals surface area contributed by atoms with Crippen LogP contribution in [-0.2, 0) is 0 Å². The molecule has 0 fully saturated rings. The van der Waals surface area contributed by atoms with Crippen LogP contribution in [0.15, 0.2) is 18.5 Å². The molecule has 4 N–H and O–H groups in total. The fraction of sp³-hybridized carbons (Fsp3) is 0.545. The van der Waals surface area contributed by atoms with Gasteiger partial charge < -0.3 is 20.7 Å². The van der Waals surface area contributed by atoms with E-state index in [4.69, 9.17) is 10.8 Å². The number of likely N-dealkylation sites (N-methyl/N-ethyl adjacent to an activating group) is 1. The van der Waals surface area contributed by atoms with Crippen LogP contribution in [-0.4, -0.2) is 47.1 Å². The van der Waals surface area contributed by atoms with Crippen molar-refractivity contribution in [3.63, 3.8) is 0 Å². The van der Waals surface area contributed by atoms with Crippen LogP contribution in [0.3, 0.4) is 0 Å². The summed E-state index contributed by atoms with van der Waals surface area (Å²) in [7, 11) is 0. The Kier molecular flexibility index (Phi) is 8.19. The molecular weight excluding hydrogens is 206 g/mol. The second kappa shape index (κ2) is 8.94. The molecular formula is C11H21N3O2. The maximum Gasteiger partial charge on any atom is 0.337 e. The van der Waals surface area contributed by atoms with Crippen molar-refractivity contribution in [2.75, 3.05) is 26.2 Å². The minimum absolute atomic E-state index is 0.296. The molecule has 0 aliphatic heterocycles. The van der Waals surface area contributed by atoms with Crippen LogP contribution >= 0.6 is 0 Å². The first kappa shape index (κ1) is 14.7. The minimum Gasteiger partial charge on any atom is -0.478 e. The third-order valence-electron chi connectivity index (χ3n) is 2.18. The number of carboxylic acids is 1. The third-order valence-corrected chi connectivity index (χ3v) is 2.18. The number of nitrogens with two attached hydrogens (primary N) is 1. The van der Waals surface area contributed by atoms with Crippen LogP contribution in [0.2, 0.25) is 0 Å². The Morgan fingerprint density at radius 3 is 2.31 bits per heavy atom. The molecule has 0 aromatic carbocycles. The van der Waals surface area contributed by atoms with E-state index in [9.17, 15) is 4.79 Å². The largest absolute Gasteiger partial charge is 0.478 e. The number of carboxylic acid groups (broad SMARTS) is 1. The van der Waals surface area contributed by atoms with E-state index >= 15 is 0 Å². The van der Waals surface area contributed by atoms with E-state index in [-0.39, 0.29) is 0 Å². The van der Waals surface area contributed by atoms with Gasteiger partial charge in [0.05, 0.1) is 5.56 Å². The van der Waals surface area contributed by atoms with Crippen molar-refractivity contribution in [1.29, 1.82) is 0 Å². The van der Waals surface area contributed by atoms with E-state index in [0.717, 1.165) is 26.2 Å². The van der Waals surface area contributed by atoms with Crippen molar-refractivity contribution in [3.8, 4) is 0 Å². The molecule has 1 aromatic heterocycles. The van der Waals surface area contributed by atoms with Gasteiger partial charge in [0.1, 0.15) is 0 Å². The molecule has 0 amide bonds. The number of aromatic nitrogens is 1. The molecule has 0 saturated carbocycles. The first-order chi connectivity index (χ1) is 7.65. The lowest BCUT2D eigenvalue weighted by atomic mass is 10.4. The van der Waals surface area contributed by atoms with E-state index in [0.29, 0.717) is 5.56 Å². The number of carbonyl (C=O) groups is 1. The molecule has 5 nitrogen and oxygen atoms in total. The summed E-state index contributed by atoms with van der Waals surface area (Å²) in [6.45, 7) is 8.36. The molecule has 0 radical (unpaired) electrons. The lowest BCUT2D eigenvalue weighted by Crippen LogP contribution is -2.28. The highest BCUT2D eigenvalue weighted by molar-refractivity contribution is 5.87. The fourth-order valence-electron chi connectivity index (χ4n) is 1.18. The first-order valence-corrected chi connectivity index (χ1v) is 5.44. The van der Waals surface area contributed by atoms with Crippen LogP contribution in [0.25, 0.3) is 0 Å². The van der Waals surface area contributed by atoms with Crippen molar-refractivity contribution >= 4 is 5.97 Å². The van der Waals surface area contributed by atoms with Gasteiger partial charge in [0.25, 0.3) is 0 Å². The van der Waals surface area contributed by atoms with Gasteiger partial charge >= 0.3 is 5.97 Å². The zero-order valence-corrected chi connectivity index (χ0v) is 9.94. The van der Waals surface area contributed by atoms with Crippen LogP contribution in [0.5, 0.6) is 0 Å². The zero-order chi connectivity index (χ0) is 12.4. The average Bonchev–Trinajstić information content (AvgIpc) is 2.80. The Labute approximate surface area is 96.3 Å². The van der Waals surface area contributed by atoms with Gasteiger partial charge in [-0.15, -0.1) is 0 Å². The van der Waals surface area contributed by atoms with Gasteiger partial charge in [-0.2, -0.15) is 0 Å². The summed E-state index contributed by atoms with van der Waals surface area (Å²) in [4.78, 5) is 15.0. The van der Waals surface area contributed by atoms with E-state index in [1.54, 1.807) is 6.20 Å². The average molecular weight is 227 g/mol. The maximum atomic E-state index is 10.0. The maximum absolute atomic E-state index is 10.0. The van der Waals surface area contributed by atoms with Gasteiger partial charge in [-0.05, 0) is 19.2 Å². The highest BCUT2D eigenvalue weighted by Crippen LogP contribution is 1.93. The summed E-state index contributed by atoms with van der Waals surface area (Å²) in [5.41, 5.74) is 5.64. The number of nitrogens with zero attached hydrogens (tertiary/aromatic N) is 1. The Bertz CT molecular complexity index is 269. The van der Waals surface area contributed by atoms with Crippen LogP contribution < -0.4 is 5.73 Å². The van der Waals surface area contributed by atoms with Crippen molar-refractivity contribution in [3.05, 3.63) is 24.0 Å². The van der Waals surface area contributed by atoms with E-state index in [1.165, 1.54) is 12.3 Å². The second-order valence-corrected chi connectivity index (χ2v) is 3.22. The molecule has 0 bridgehead atoms. The number of hydrogen-bond donors (Lipinski definition) is 3. The number of aromatic carboxylic acids is 1. The lowest BCUT2D eigenvalue weighted by molar-refractivity contribution is 0.0697. The molecule has 0 unspecified atom stereocenters. The molecule has 0 atom stereocenters. The summed E-state index contributed by atoms with van der Waals surface area (Å²) < 4.78 is 0. The molecule has 16 heavy (non-hydrogen) atoms. The Balaban J connectivity index is 0.000000281. The standard InChI is InChI=1S/C6H16N2.C5H5NO2/c1-3-8(4-2)6-5-7;7-5(8)4-1-2-6-3-4/h3-7H2,1-2H3;1-3,6H,(H,7,8). The third kappa shape index (κ3) is 6.21. The van der Waals surface area contributed by atoms with Crippen molar-refractivity contribution in [2.24, 2.45) is 5.73 Å². The van der Waals surface area contributed by atoms with Crippen LogP contribution in [0.4, 0.5) is 0 Å². The molecule has 5 heteroatoms. The summed E-state index contributed by atoms with van der Waals surface area (Å²) in [6.07, 6.45) is 3.01. The number of H-pyrrole nitrogens is 1. The summed E-state index contributed by atoms with van der Waals surface area (Å²) >= 11 is 0. The molecule has 1 heterocycles. The lowest BCUT2D eigenvalue weighted by Gasteiger charge is -2.15. The smallest absolute Gasteiger partial charge is 0.337 e. The first-order valence-electron chi connectivity index (χ1n) is 5.44. The number of nitrogens with one attached hydrogen (secondary N) is 1. The SMILES string of the molecule is CCN(CC)CCN.O=C(O)c1cc[nH]c1. The zero-order valence-electron chi connectivity index (χ0n) is 9.94. The van der Waals surface area contributed by atoms with Gasteiger partial charge in [0, 0.05) is 25.5 Å². The predicted molar refractivity (Wildman–Crippen MR) is 64.6 cm³/mol. The molecule has 0 spiro atoms. The second-order valence-electron chi connectivity index (χ2n) is 3.22. The predicted octanol–water partition coefficient (Wildman–Crippen LogP) is 1.000. The summed E-state index contributed by atoms with van der Waals surface area (Å²) in [6, 6.07) is 1.50. The summed E-state index contributed by atoms with van der Waals surface area (Å²) in [5.74, 6) is -0.897. The number of aromatic amines is 1. The van der Waals surface area contributed by atoms with Gasteiger partial charge in [-0.25, -0.2) is 4.79 Å². The topological polar surface area (TPSA) is 82.3 Å². The van der Waals surface area contributed by atoms with E-state index < -0.39 is 5.97 Å². The molecule has 1 aromatic rings. The van der Waals surface area contributed by atoms with Crippen molar-refractivity contribution in [1.82, 2.24) is 9.88 Å². The van der Waals surface area contributed by atoms with E-state index in [1.807, 2.05) is 0 Å². The Morgan fingerprint density at radius 2 is 2.12 bits per heavy atom. The molecule has 92 valence electrons. The van der Waals surface area contributed by atoms with Crippen molar-refractivity contribution < 1.29 is 9.90 Å². The molecule has 0 aliphatic rings. The summed E-state index contributed by atoms with van der Waals surface area (Å²) in [5, 5.41) is 8.25. The highest BCUT2D eigenvalue weighted by atomic mass is 16.4. The quantitative estimate of drug-likeness (QED) is 0.701. The van der Waals surface area contributed by atoms with E-state index in [2.05, 4.69) is 23.7 Å². The van der Waals surface area contributed by atoms with Gasteiger partial charge in [-0.1, -0.05) is 13.8 Å². The van der Waals surface area contributed by atoms with Gasteiger partial charge in [-0.3, -0.25) is 0 Å². The van der Waals surface area contributed by atoms with Crippen molar-refractivity contribution in [2.45, 2.75) is 13.8 Å². The normalized spacial score (nSPS) is 9.75. The van der Waals surface area contributed by atoms with Gasteiger partial charge in [0.2, 0.25) is 0 Å². The van der Waals surface area contributed by atoms with Crippen LogP contribution in [0, 0.1) is 0 Å².